The third-order valence-electron chi connectivity index (χ3n) is 3.40. The zero-order chi connectivity index (χ0) is 18.0. The number of thiophene rings is 1. The second-order valence-corrected chi connectivity index (χ2v) is 6.04. The molecule has 0 saturated heterocycles. The minimum atomic E-state index is -4.42. The maximum absolute atomic E-state index is 12.3. The third-order valence-corrected chi connectivity index (χ3v) is 4.27. The summed E-state index contributed by atoms with van der Waals surface area (Å²) in [6.07, 6.45) is -4.42. The summed E-state index contributed by atoms with van der Waals surface area (Å²) in [6.45, 7) is -1.81. The first-order chi connectivity index (χ1) is 11.9. The highest BCUT2D eigenvalue weighted by Gasteiger charge is 2.27. The number of alkyl halides is 3. The smallest absolute Gasteiger partial charge is 0.411 e. The molecule has 9 heteroatoms. The van der Waals surface area contributed by atoms with Crippen LogP contribution < -0.4 is 10.3 Å². The summed E-state index contributed by atoms with van der Waals surface area (Å²) >= 11 is 1.25. The summed E-state index contributed by atoms with van der Waals surface area (Å²) < 4.78 is 46.0. The Bertz CT molecular complexity index is 932. The first-order valence-electron chi connectivity index (χ1n) is 7.16. The van der Waals surface area contributed by atoms with Gasteiger partial charge in [0.25, 0.3) is 5.56 Å². The predicted molar refractivity (Wildman–Crippen MR) is 87.9 cm³/mol. The van der Waals surface area contributed by atoms with Crippen LogP contribution in [0.1, 0.15) is 5.82 Å². The first-order valence-corrected chi connectivity index (χ1v) is 8.04. The van der Waals surface area contributed by atoms with Gasteiger partial charge in [0.1, 0.15) is 29.6 Å². The van der Waals surface area contributed by atoms with Crippen molar-refractivity contribution >= 4 is 21.6 Å². The number of halogens is 3. The summed E-state index contributed by atoms with van der Waals surface area (Å²) in [4.78, 5) is 19.5. The number of fused-ring (bicyclic) bond motifs is 1. The molecule has 0 aliphatic heterocycles. The van der Waals surface area contributed by atoms with E-state index in [4.69, 9.17) is 4.74 Å². The number of nitrogens with zero attached hydrogens (tertiary/aromatic N) is 1. The second kappa shape index (κ2) is 6.85. The van der Waals surface area contributed by atoms with Crippen molar-refractivity contribution in [3.8, 4) is 16.9 Å². The molecule has 0 aliphatic rings. The molecule has 1 aromatic carbocycles. The van der Waals surface area contributed by atoms with Crippen LogP contribution in [0.25, 0.3) is 21.3 Å². The molecule has 2 heterocycles. The van der Waals surface area contributed by atoms with Gasteiger partial charge in [0.2, 0.25) is 0 Å². The van der Waals surface area contributed by atoms with Crippen molar-refractivity contribution in [2.45, 2.75) is 12.8 Å². The Morgan fingerprint density at radius 3 is 2.60 bits per heavy atom. The Balaban J connectivity index is 1.89. The molecule has 0 amide bonds. The first kappa shape index (κ1) is 17.4. The summed E-state index contributed by atoms with van der Waals surface area (Å²) in [5, 5.41) is 2.18. The summed E-state index contributed by atoms with van der Waals surface area (Å²) in [5.74, 6) is 0.754. The summed E-state index contributed by atoms with van der Waals surface area (Å²) in [5.41, 5.74) is 1.11. The number of hydrogen-bond donors (Lipinski definition) is 1. The van der Waals surface area contributed by atoms with E-state index >= 15 is 0 Å². The van der Waals surface area contributed by atoms with E-state index in [2.05, 4.69) is 14.7 Å². The topological polar surface area (TPSA) is 64.2 Å². The van der Waals surface area contributed by atoms with Gasteiger partial charge in [0.15, 0.2) is 0 Å². The maximum atomic E-state index is 12.3. The van der Waals surface area contributed by atoms with Gasteiger partial charge in [-0.25, -0.2) is 4.98 Å². The number of rotatable bonds is 5. The van der Waals surface area contributed by atoms with Crippen LogP contribution >= 0.6 is 11.3 Å². The molecule has 0 atom stereocenters. The van der Waals surface area contributed by atoms with E-state index in [1.54, 1.807) is 24.6 Å². The van der Waals surface area contributed by atoms with Gasteiger partial charge in [-0.15, -0.1) is 11.3 Å². The van der Waals surface area contributed by atoms with E-state index in [9.17, 15) is 18.0 Å². The number of nitrogens with one attached hydrogen (secondary N) is 1. The number of ether oxygens (including phenoxy) is 2. The predicted octanol–water partition coefficient (Wildman–Crippen LogP) is 3.74. The average molecular weight is 370 g/mol. The molecule has 132 valence electrons. The van der Waals surface area contributed by atoms with Crippen LogP contribution in [0.3, 0.4) is 0 Å². The minimum Gasteiger partial charge on any atom is -0.497 e. The fourth-order valence-electron chi connectivity index (χ4n) is 2.31. The molecule has 3 rings (SSSR count). The number of benzene rings is 1. The molecule has 1 N–H and O–H groups in total. The molecule has 25 heavy (non-hydrogen) atoms. The standard InChI is InChI=1S/C16H13F3N2O3S/c1-23-10-4-2-9(3-5-10)11-7-25-15-13(11)14(22)20-12(21-15)6-24-8-16(17,18)19/h2-5,7H,6,8H2,1H3,(H,20,21,22). The zero-order valence-electron chi connectivity index (χ0n) is 13.0. The number of hydrogen-bond acceptors (Lipinski definition) is 5. The summed E-state index contributed by atoms with van der Waals surface area (Å²) in [7, 11) is 1.56. The van der Waals surface area contributed by atoms with Crippen LogP contribution in [-0.4, -0.2) is 29.9 Å². The van der Waals surface area contributed by atoms with E-state index in [-0.39, 0.29) is 5.82 Å². The number of aromatic nitrogens is 2. The molecular weight excluding hydrogens is 357 g/mol. The fourth-order valence-corrected chi connectivity index (χ4v) is 3.28. The van der Waals surface area contributed by atoms with Crippen molar-refractivity contribution in [3.05, 3.63) is 45.8 Å². The van der Waals surface area contributed by atoms with Crippen LogP contribution in [0.4, 0.5) is 13.2 Å². The van der Waals surface area contributed by atoms with E-state index in [1.807, 2.05) is 12.1 Å². The van der Waals surface area contributed by atoms with Crippen molar-refractivity contribution in [1.82, 2.24) is 9.97 Å². The molecule has 0 bridgehead atoms. The van der Waals surface area contributed by atoms with Crippen molar-refractivity contribution in [2.75, 3.05) is 13.7 Å². The monoisotopic (exact) mass is 370 g/mol. The van der Waals surface area contributed by atoms with Gasteiger partial charge in [-0.2, -0.15) is 13.2 Å². The Labute approximate surface area is 144 Å². The van der Waals surface area contributed by atoms with Gasteiger partial charge in [-0.05, 0) is 17.7 Å². The van der Waals surface area contributed by atoms with Gasteiger partial charge < -0.3 is 14.5 Å². The number of aromatic amines is 1. The second-order valence-electron chi connectivity index (χ2n) is 5.18. The van der Waals surface area contributed by atoms with Crippen molar-refractivity contribution in [2.24, 2.45) is 0 Å². The van der Waals surface area contributed by atoms with Gasteiger partial charge in [-0.1, -0.05) is 12.1 Å². The molecule has 0 unspecified atom stereocenters. The number of methoxy groups -OCH3 is 1. The van der Waals surface area contributed by atoms with Crippen molar-refractivity contribution in [3.63, 3.8) is 0 Å². The number of H-pyrrole nitrogens is 1. The Kier molecular flexibility index (Phi) is 4.78. The highest BCUT2D eigenvalue weighted by Crippen LogP contribution is 2.31. The highest BCUT2D eigenvalue weighted by atomic mass is 32.1. The largest absolute Gasteiger partial charge is 0.497 e. The fraction of sp³-hybridized carbons (Fsp3) is 0.250. The quantitative estimate of drug-likeness (QED) is 0.743. The van der Waals surface area contributed by atoms with Crippen LogP contribution in [0.5, 0.6) is 5.75 Å². The van der Waals surface area contributed by atoms with Crippen LogP contribution in [0, 0.1) is 0 Å². The Morgan fingerprint density at radius 1 is 1.24 bits per heavy atom. The average Bonchev–Trinajstić information content (AvgIpc) is 2.98. The molecular formula is C16H13F3N2O3S. The van der Waals surface area contributed by atoms with Crippen LogP contribution in [-0.2, 0) is 11.3 Å². The zero-order valence-corrected chi connectivity index (χ0v) is 13.8. The lowest BCUT2D eigenvalue weighted by atomic mass is 10.1. The molecule has 0 radical (unpaired) electrons. The molecule has 5 nitrogen and oxygen atoms in total. The van der Waals surface area contributed by atoms with Gasteiger partial charge >= 0.3 is 6.18 Å². The van der Waals surface area contributed by atoms with E-state index in [0.717, 1.165) is 5.56 Å². The lowest BCUT2D eigenvalue weighted by molar-refractivity contribution is -0.177. The molecule has 2 aromatic heterocycles. The lowest BCUT2D eigenvalue weighted by Gasteiger charge is -2.07. The van der Waals surface area contributed by atoms with Gasteiger partial charge in [0.05, 0.1) is 12.5 Å². The molecule has 0 fully saturated rings. The normalized spacial score (nSPS) is 11.8. The van der Waals surface area contributed by atoms with E-state index in [0.29, 0.717) is 21.5 Å². The molecule has 3 aromatic rings. The van der Waals surface area contributed by atoms with E-state index in [1.165, 1.54) is 11.3 Å². The maximum Gasteiger partial charge on any atom is 0.411 e. The third kappa shape index (κ3) is 3.99. The highest BCUT2D eigenvalue weighted by molar-refractivity contribution is 7.17. The molecule has 0 aliphatic carbocycles. The van der Waals surface area contributed by atoms with Crippen molar-refractivity contribution in [1.29, 1.82) is 0 Å². The Morgan fingerprint density at radius 2 is 1.96 bits per heavy atom. The van der Waals surface area contributed by atoms with Crippen LogP contribution in [0.15, 0.2) is 34.4 Å². The summed E-state index contributed by atoms with van der Waals surface area (Å²) in [6, 6.07) is 7.19. The van der Waals surface area contributed by atoms with Gasteiger partial charge in [0, 0.05) is 10.9 Å². The van der Waals surface area contributed by atoms with Crippen molar-refractivity contribution < 1.29 is 22.6 Å². The SMILES string of the molecule is COc1ccc(-c2csc3nc(COCC(F)(F)F)[nH]c(=O)c23)cc1. The molecule has 0 saturated carbocycles. The lowest BCUT2D eigenvalue weighted by Crippen LogP contribution is -2.18. The van der Waals surface area contributed by atoms with Gasteiger partial charge in [-0.3, -0.25) is 4.79 Å². The minimum absolute atomic E-state index is 0.0601. The Hall–Kier alpha value is -2.39. The molecule has 0 spiro atoms. The van der Waals surface area contributed by atoms with Crippen LogP contribution in [0.2, 0.25) is 0 Å². The van der Waals surface area contributed by atoms with E-state index < -0.39 is 24.9 Å².